The van der Waals surface area contributed by atoms with Crippen LogP contribution in [0.5, 0.6) is 11.5 Å². The van der Waals surface area contributed by atoms with Crippen molar-refractivity contribution in [2.75, 3.05) is 40.0 Å². The first-order chi connectivity index (χ1) is 10.3. The SMILES string of the molecule is COCCN1CCCC(N)C1c1ccc2c(c1)OCCO2. The minimum absolute atomic E-state index is 0.151. The van der Waals surface area contributed by atoms with Gasteiger partial charge in [0.15, 0.2) is 11.5 Å². The minimum Gasteiger partial charge on any atom is -0.486 e. The highest BCUT2D eigenvalue weighted by Gasteiger charge is 2.31. The fraction of sp³-hybridized carbons (Fsp3) is 0.625. The molecule has 0 aliphatic carbocycles. The molecule has 5 heteroatoms. The predicted octanol–water partition coefficient (Wildman–Crippen LogP) is 1.57. The van der Waals surface area contributed by atoms with Gasteiger partial charge in [-0.3, -0.25) is 4.90 Å². The van der Waals surface area contributed by atoms with E-state index in [9.17, 15) is 0 Å². The van der Waals surface area contributed by atoms with Crippen molar-refractivity contribution in [2.45, 2.75) is 24.9 Å². The van der Waals surface area contributed by atoms with Crippen LogP contribution in [0, 0.1) is 0 Å². The van der Waals surface area contributed by atoms with Crippen molar-refractivity contribution in [3.05, 3.63) is 23.8 Å². The van der Waals surface area contributed by atoms with Crippen molar-refractivity contribution in [3.63, 3.8) is 0 Å². The Kier molecular flexibility index (Phi) is 4.63. The van der Waals surface area contributed by atoms with Gasteiger partial charge in [0.2, 0.25) is 0 Å². The van der Waals surface area contributed by atoms with Crippen molar-refractivity contribution in [3.8, 4) is 11.5 Å². The molecule has 1 aromatic rings. The highest BCUT2D eigenvalue weighted by Crippen LogP contribution is 2.36. The molecular weight excluding hydrogens is 268 g/mol. The summed E-state index contributed by atoms with van der Waals surface area (Å²) >= 11 is 0. The van der Waals surface area contributed by atoms with Crippen LogP contribution >= 0.6 is 0 Å². The Labute approximate surface area is 126 Å². The monoisotopic (exact) mass is 292 g/mol. The van der Waals surface area contributed by atoms with Gasteiger partial charge in [0.05, 0.1) is 12.6 Å². The number of nitrogens with zero attached hydrogens (tertiary/aromatic N) is 1. The molecule has 1 saturated heterocycles. The van der Waals surface area contributed by atoms with Gasteiger partial charge in [-0.15, -0.1) is 0 Å². The number of ether oxygens (including phenoxy) is 3. The summed E-state index contributed by atoms with van der Waals surface area (Å²) in [6, 6.07) is 6.58. The number of methoxy groups -OCH3 is 1. The number of benzene rings is 1. The summed E-state index contributed by atoms with van der Waals surface area (Å²) in [5.74, 6) is 1.67. The van der Waals surface area contributed by atoms with Crippen LogP contribution < -0.4 is 15.2 Å². The maximum absolute atomic E-state index is 6.39. The van der Waals surface area contributed by atoms with Gasteiger partial charge in [0, 0.05) is 19.7 Å². The zero-order chi connectivity index (χ0) is 14.7. The zero-order valence-electron chi connectivity index (χ0n) is 12.6. The largest absolute Gasteiger partial charge is 0.486 e. The van der Waals surface area contributed by atoms with Crippen LogP contribution in [0.2, 0.25) is 0 Å². The number of likely N-dealkylation sites (tertiary alicyclic amines) is 1. The lowest BCUT2D eigenvalue weighted by Crippen LogP contribution is -2.46. The fourth-order valence-corrected chi connectivity index (χ4v) is 3.26. The normalized spacial score (nSPS) is 25.8. The lowest BCUT2D eigenvalue weighted by atomic mass is 9.90. The summed E-state index contributed by atoms with van der Waals surface area (Å²) in [6.07, 6.45) is 2.20. The lowest BCUT2D eigenvalue weighted by molar-refractivity contribution is 0.0844. The Hall–Kier alpha value is -1.30. The van der Waals surface area contributed by atoms with E-state index in [0.717, 1.165) is 44.0 Å². The van der Waals surface area contributed by atoms with E-state index in [2.05, 4.69) is 17.0 Å². The molecule has 1 aromatic carbocycles. The molecule has 0 saturated carbocycles. The van der Waals surface area contributed by atoms with E-state index in [1.165, 1.54) is 5.56 Å². The van der Waals surface area contributed by atoms with Crippen LogP contribution in [0.1, 0.15) is 24.4 Å². The van der Waals surface area contributed by atoms with Crippen LogP contribution in [0.3, 0.4) is 0 Å². The van der Waals surface area contributed by atoms with E-state index in [-0.39, 0.29) is 12.1 Å². The van der Waals surface area contributed by atoms with Crippen LogP contribution in [0.25, 0.3) is 0 Å². The molecule has 0 radical (unpaired) electrons. The van der Waals surface area contributed by atoms with E-state index in [1.807, 2.05) is 6.07 Å². The van der Waals surface area contributed by atoms with Crippen molar-refractivity contribution >= 4 is 0 Å². The van der Waals surface area contributed by atoms with E-state index < -0.39 is 0 Å². The van der Waals surface area contributed by atoms with Gasteiger partial charge in [-0.05, 0) is 37.1 Å². The second-order valence-electron chi connectivity index (χ2n) is 5.68. The highest BCUT2D eigenvalue weighted by molar-refractivity contribution is 5.45. The zero-order valence-corrected chi connectivity index (χ0v) is 12.6. The maximum atomic E-state index is 6.39. The van der Waals surface area contributed by atoms with Gasteiger partial charge >= 0.3 is 0 Å². The quantitative estimate of drug-likeness (QED) is 0.913. The third-order valence-corrected chi connectivity index (χ3v) is 4.27. The second kappa shape index (κ2) is 6.64. The number of fused-ring (bicyclic) bond motifs is 1. The first-order valence-corrected chi connectivity index (χ1v) is 7.67. The summed E-state index contributed by atoms with van der Waals surface area (Å²) in [7, 11) is 1.74. The Morgan fingerprint density at radius 2 is 2.10 bits per heavy atom. The first kappa shape index (κ1) is 14.6. The highest BCUT2D eigenvalue weighted by atomic mass is 16.6. The van der Waals surface area contributed by atoms with Crippen molar-refractivity contribution in [1.29, 1.82) is 0 Å². The predicted molar refractivity (Wildman–Crippen MR) is 80.8 cm³/mol. The minimum atomic E-state index is 0.151. The molecule has 2 unspecified atom stereocenters. The molecule has 2 aliphatic rings. The molecule has 2 aliphatic heterocycles. The van der Waals surface area contributed by atoms with Gasteiger partial charge in [0.25, 0.3) is 0 Å². The van der Waals surface area contributed by atoms with Gasteiger partial charge < -0.3 is 19.9 Å². The summed E-state index contributed by atoms with van der Waals surface area (Å²) < 4.78 is 16.5. The molecule has 0 spiro atoms. The first-order valence-electron chi connectivity index (χ1n) is 7.67. The van der Waals surface area contributed by atoms with Gasteiger partial charge in [-0.1, -0.05) is 6.07 Å². The average molecular weight is 292 g/mol. The number of piperidine rings is 1. The summed E-state index contributed by atoms with van der Waals surface area (Å²) in [5.41, 5.74) is 7.61. The molecule has 0 bridgehead atoms. The second-order valence-corrected chi connectivity index (χ2v) is 5.68. The van der Waals surface area contributed by atoms with Crippen LogP contribution in [-0.4, -0.2) is 51.0 Å². The van der Waals surface area contributed by atoms with Gasteiger partial charge in [-0.25, -0.2) is 0 Å². The molecule has 2 atom stereocenters. The molecule has 1 fully saturated rings. The topological polar surface area (TPSA) is 57.0 Å². The van der Waals surface area contributed by atoms with E-state index in [4.69, 9.17) is 19.9 Å². The molecular formula is C16H24N2O3. The van der Waals surface area contributed by atoms with Crippen molar-refractivity contribution < 1.29 is 14.2 Å². The smallest absolute Gasteiger partial charge is 0.161 e. The summed E-state index contributed by atoms with van der Waals surface area (Å²) in [6.45, 7) is 3.93. The Morgan fingerprint density at radius 1 is 1.29 bits per heavy atom. The van der Waals surface area contributed by atoms with Crippen LogP contribution in [0.15, 0.2) is 18.2 Å². The maximum Gasteiger partial charge on any atom is 0.161 e. The van der Waals surface area contributed by atoms with Crippen molar-refractivity contribution in [1.82, 2.24) is 4.90 Å². The number of rotatable bonds is 4. The van der Waals surface area contributed by atoms with Gasteiger partial charge in [0.1, 0.15) is 13.2 Å². The van der Waals surface area contributed by atoms with Gasteiger partial charge in [-0.2, -0.15) is 0 Å². The lowest BCUT2D eigenvalue weighted by Gasteiger charge is -2.40. The number of nitrogens with two attached hydrogens (primary N) is 1. The van der Waals surface area contributed by atoms with E-state index in [0.29, 0.717) is 13.2 Å². The summed E-state index contributed by atoms with van der Waals surface area (Å²) in [5, 5.41) is 0. The Balaban J connectivity index is 1.84. The van der Waals surface area contributed by atoms with Crippen LogP contribution in [0.4, 0.5) is 0 Å². The number of hydrogen-bond donors (Lipinski definition) is 1. The Morgan fingerprint density at radius 3 is 2.90 bits per heavy atom. The average Bonchev–Trinajstić information content (AvgIpc) is 2.52. The van der Waals surface area contributed by atoms with E-state index >= 15 is 0 Å². The molecule has 116 valence electrons. The molecule has 0 aromatic heterocycles. The number of hydrogen-bond acceptors (Lipinski definition) is 5. The third kappa shape index (κ3) is 3.15. The molecule has 21 heavy (non-hydrogen) atoms. The fourth-order valence-electron chi connectivity index (χ4n) is 3.26. The Bertz CT molecular complexity index is 481. The molecule has 0 amide bonds. The standard InChI is InChI=1S/C16H24N2O3/c1-19-8-7-18-6-2-3-13(17)16(18)12-4-5-14-15(11-12)21-10-9-20-14/h4-5,11,13,16H,2-3,6-10,17H2,1H3. The van der Waals surface area contributed by atoms with Crippen molar-refractivity contribution in [2.24, 2.45) is 5.73 Å². The van der Waals surface area contributed by atoms with E-state index in [1.54, 1.807) is 7.11 Å². The molecule has 5 nitrogen and oxygen atoms in total. The summed E-state index contributed by atoms with van der Waals surface area (Å²) in [4.78, 5) is 2.42. The van der Waals surface area contributed by atoms with Crippen LogP contribution in [-0.2, 0) is 4.74 Å². The molecule has 3 rings (SSSR count). The molecule has 2 N–H and O–H groups in total. The molecule has 2 heterocycles. The third-order valence-electron chi connectivity index (χ3n) is 4.27.